The van der Waals surface area contributed by atoms with E-state index in [4.69, 9.17) is 0 Å². The Morgan fingerprint density at radius 1 is 1.00 bits per heavy atom. The Morgan fingerprint density at radius 2 is 1.58 bits per heavy atom. The largest absolute Gasteiger partial charge is 0.251 e. The number of rotatable bonds is 7. The smallest absolute Gasteiger partial charge is 0.0897 e. The number of hydrogen-bond acceptors (Lipinski definition) is 0. The van der Waals surface area contributed by atoms with E-state index in [1.807, 2.05) is 0 Å². The van der Waals surface area contributed by atoms with Gasteiger partial charge in [-0.3, -0.25) is 4.39 Å². The van der Waals surface area contributed by atoms with Crippen LogP contribution < -0.4 is 0 Å². The highest BCUT2D eigenvalue weighted by atomic mass is 19.1. The maximum atomic E-state index is 12.0. The van der Waals surface area contributed by atoms with Gasteiger partial charge in [0.05, 0.1) is 6.67 Å². The minimum Gasteiger partial charge on any atom is -0.251 e. The van der Waals surface area contributed by atoms with Gasteiger partial charge in [-0.2, -0.15) is 0 Å². The molecule has 0 heterocycles. The van der Waals surface area contributed by atoms with Gasteiger partial charge in [0.15, 0.2) is 0 Å². The summed E-state index contributed by atoms with van der Waals surface area (Å²) in [5, 5.41) is 0. The van der Waals surface area contributed by atoms with E-state index in [9.17, 15) is 4.39 Å². The maximum absolute atomic E-state index is 12.0. The molecule has 2 unspecified atom stereocenters. The average molecular weight is 174 g/mol. The first-order valence-electron chi connectivity index (χ1n) is 5.28. The summed E-state index contributed by atoms with van der Waals surface area (Å²) >= 11 is 0. The second-order valence-corrected chi connectivity index (χ2v) is 3.93. The Hall–Kier alpha value is -0.0700. The first kappa shape index (κ1) is 11.9. The third-order valence-corrected chi connectivity index (χ3v) is 2.80. The highest BCUT2D eigenvalue weighted by Crippen LogP contribution is 2.21. The van der Waals surface area contributed by atoms with E-state index < -0.39 is 0 Å². The lowest BCUT2D eigenvalue weighted by atomic mass is 9.89. The molecule has 0 saturated carbocycles. The van der Waals surface area contributed by atoms with Crippen LogP contribution in [-0.2, 0) is 0 Å². The normalized spacial score (nSPS) is 16.0. The standard InChI is InChI=1S/C11H23F/c1-4-5-6-7-10(2)11(3)8-9-12/h10-11H,4-9H2,1-3H3. The molecule has 0 aromatic heterocycles. The fourth-order valence-corrected chi connectivity index (χ4v) is 1.46. The van der Waals surface area contributed by atoms with Crippen molar-refractivity contribution < 1.29 is 4.39 Å². The van der Waals surface area contributed by atoms with E-state index in [2.05, 4.69) is 20.8 Å². The minimum atomic E-state index is -0.153. The molecule has 0 saturated heterocycles. The van der Waals surface area contributed by atoms with Gasteiger partial charge in [-0.05, 0) is 18.3 Å². The molecule has 0 aliphatic heterocycles. The molecule has 0 nitrogen and oxygen atoms in total. The zero-order valence-corrected chi connectivity index (χ0v) is 8.78. The van der Waals surface area contributed by atoms with E-state index >= 15 is 0 Å². The van der Waals surface area contributed by atoms with Crippen LogP contribution in [0, 0.1) is 11.8 Å². The predicted octanol–water partition coefficient (Wildman–Crippen LogP) is 4.20. The number of alkyl halides is 1. The second-order valence-electron chi connectivity index (χ2n) is 3.93. The quantitative estimate of drug-likeness (QED) is 0.507. The zero-order valence-electron chi connectivity index (χ0n) is 8.78. The molecule has 74 valence electrons. The first-order valence-corrected chi connectivity index (χ1v) is 5.28. The molecule has 0 aromatic rings. The Kier molecular flexibility index (Phi) is 7.53. The van der Waals surface area contributed by atoms with E-state index in [1.165, 1.54) is 25.7 Å². The van der Waals surface area contributed by atoms with E-state index in [-0.39, 0.29) is 6.67 Å². The van der Waals surface area contributed by atoms with Crippen molar-refractivity contribution in [1.29, 1.82) is 0 Å². The Balaban J connectivity index is 3.35. The molecule has 0 aliphatic rings. The van der Waals surface area contributed by atoms with Gasteiger partial charge in [-0.1, -0.05) is 46.5 Å². The molecule has 0 fully saturated rings. The maximum Gasteiger partial charge on any atom is 0.0897 e. The molecule has 0 N–H and O–H groups in total. The molecule has 0 rings (SSSR count). The Bertz CT molecular complexity index is 91.0. The van der Waals surface area contributed by atoms with Crippen LogP contribution in [0.2, 0.25) is 0 Å². The molecule has 0 radical (unpaired) electrons. The van der Waals surface area contributed by atoms with Crippen molar-refractivity contribution in [3.05, 3.63) is 0 Å². The summed E-state index contributed by atoms with van der Waals surface area (Å²) in [5.41, 5.74) is 0. The molecule has 1 heteroatoms. The van der Waals surface area contributed by atoms with Crippen LogP contribution in [0.4, 0.5) is 4.39 Å². The molecule has 12 heavy (non-hydrogen) atoms. The molecule has 0 aliphatic carbocycles. The molecule has 0 aromatic carbocycles. The summed E-state index contributed by atoms with van der Waals surface area (Å²) in [4.78, 5) is 0. The third kappa shape index (κ3) is 5.56. The fourth-order valence-electron chi connectivity index (χ4n) is 1.46. The topological polar surface area (TPSA) is 0 Å². The van der Waals surface area contributed by atoms with E-state index in [0.29, 0.717) is 11.8 Å². The first-order chi connectivity index (χ1) is 5.72. The Labute approximate surface area is 76.6 Å². The van der Waals surface area contributed by atoms with Gasteiger partial charge < -0.3 is 0 Å². The molecule has 2 atom stereocenters. The summed E-state index contributed by atoms with van der Waals surface area (Å²) in [6, 6.07) is 0. The average Bonchev–Trinajstić information content (AvgIpc) is 2.05. The fraction of sp³-hybridized carbons (Fsp3) is 1.00. The summed E-state index contributed by atoms with van der Waals surface area (Å²) in [5.74, 6) is 1.26. The number of hydrogen-bond donors (Lipinski definition) is 0. The van der Waals surface area contributed by atoms with Crippen molar-refractivity contribution >= 4 is 0 Å². The van der Waals surface area contributed by atoms with Gasteiger partial charge >= 0.3 is 0 Å². The molecule has 0 spiro atoms. The van der Waals surface area contributed by atoms with Crippen LogP contribution >= 0.6 is 0 Å². The lowest BCUT2D eigenvalue weighted by Gasteiger charge is -2.18. The van der Waals surface area contributed by atoms with Crippen molar-refractivity contribution in [1.82, 2.24) is 0 Å². The van der Waals surface area contributed by atoms with Gasteiger partial charge in [0, 0.05) is 0 Å². The van der Waals surface area contributed by atoms with Gasteiger partial charge in [-0.15, -0.1) is 0 Å². The minimum absolute atomic E-state index is 0.153. The summed E-state index contributed by atoms with van der Waals surface area (Å²) in [6.45, 7) is 6.47. The van der Waals surface area contributed by atoms with Crippen molar-refractivity contribution in [2.45, 2.75) is 52.9 Å². The highest BCUT2D eigenvalue weighted by Gasteiger charge is 2.10. The van der Waals surface area contributed by atoms with Gasteiger partial charge in [0.2, 0.25) is 0 Å². The van der Waals surface area contributed by atoms with Gasteiger partial charge in [0.25, 0.3) is 0 Å². The Morgan fingerprint density at radius 3 is 2.08 bits per heavy atom. The summed E-state index contributed by atoms with van der Waals surface area (Å²) in [7, 11) is 0. The number of halogens is 1. The van der Waals surface area contributed by atoms with Crippen molar-refractivity contribution in [3.63, 3.8) is 0 Å². The van der Waals surface area contributed by atoms with Crippen molar-refractivity contribution in [2.24, 2.45) is 11.8 Å². The van der Waals surface area contributed by atoms with Crippen LogP contribution in [0.5, 0.6) is 0 Å². The van der Waals surface area contributed by atoms with Crippen LogP contribution in [0.15, 0.2) is 0 Å². The number of unbranched alkanes of at least 4 members (excludes halogenated alkanes) is 2. The van der Waals surface area contributed by atoms with Crippen LogP contribution in [0.3, 0.4) is 0 Å². The molecular weight excluding hydrogens is 151 g/mol. The molecule has 0 amide bonds. The summed E-state index contributed by atoms with van der Waals surface area (Å²) in [6.07, 6.45) is 5.94. The molecule has 0 bridgehead atoms. The van der Waals surface area contributed by atoms with Crippen molar-refractivity contribution in [3.8, 4) is 0 Å². The SMILES string of the molecule is CCCCCC(C)C(C)CCF. The van der Waals surface area contributed by atoms with Crippen LogP contribution in [0.25, 0.3) is 0 Å². The molecular formula is C11H23F. The zero-order chi connectivity index (χ0) is 9.40. The summed E-state index contributed by atoms with van der Waals surface area (Å²) < 4.78 is 12.0. The third-order valence-electron chi connectivity index (χ3n) is 2.80. The van der Waals surface area contributed by atoms with Gasteiger partial charge in [0.1, 0.15) is 0 Å². The van der Waals surface area contributed by atoms with Crippen molar-refractivity contribution in [2.75, 3.05) is 6.67 Å². The second kappa shape index (κ2) is 7.57. The lowest BCUT2D eigenvalue weighted by Crippen LogP contribution is -2.08. The highest BCUT2D eigenvalue weighted by molar-refractivity contribution is 4.61. The monoisotopic (exact) mass is 174 g/mol. The predicted molar refractivity (Wildman–Crippen MR) is 53.1 cm³/mol. The van der Waals surface area contributed by atoms with Crippen LogP contribution in [0.1, 0.15) is 52.9 Å². The lowest BCUT2D eigenvalue weighted by molar-refractivity contribution is 0.300. The van der Waals surface area contributed by atoms with Gasteiger partial charge in [-0.25, -0.2) is 0 Å². The van der Waals surface area contributed by atoms with E-state index in [1.54, 1.807) is 0 Å². The van der Waals surface area contributed by atoms with Crippen LogP contribution in [-0.4, -0.2) is 6.67 Å². The van der Waals surface area contributed by atoms with E-state index in [0.717, 1.165) is 6.42 Å².